The Kier molecular flexibility index (Phi) is 25.3. The highest BCUT2D eigenvalue weighted by Crippen LogP contribution is 2.45. The predicted octanol–water partition coefficient (Wildman–Crippen LogP) is 7.50. The van der Waals surface area contributed by atoms with Gasteiger partial charge in [-0.15, -0.1) is 0 Å². The van der Waals surface area contributed by atoms with Gasteiger partial charge in [0, 0.05) is 0 Å². The molecule has 0 saturated heterocycles. The summed E-state index contributed by atoms with van der Waals surface area (Å²) in [6, 6.07) is 0. The Morgan fingerprint density at radius 3 is 0.879 bits per heavy atom. The van der Waals surface area contributed by atoms with Crippen LogP contribution in [0, 0.1) is 17.3 Å². The van der Waals surface area contributed by atoms with Crippen LogP contribution >= 0.6 is 15.9 Å². The second-order valence-corrected chi connectivity index (χ2v) is 15.4. The van der Waals surface area contributed by atoms with Crippen LogP contribution in [0.3, 0.4) is 0 Å². The van der Waals surface area contributed by atoms with Crippen LogP contribution in [0.25, 0.3) is 0 Å². The van der Waals surface area contributed by atoms with Gasteiger partial charge in [-0.05, 0) is 42.9 Å². The molecular weight excluding hydrogens is 458 g/mol. The smallest absolute Gasteiger partial charge is 0.193 e. The molecular formula is C25H60O6P2+2. The monoisotopic (exact) mass is 518 g/mol. The van der Waals surface area contributed by atoms with Crippen LogP contribution in [0.1, 0.15) is 132 Å². The lowest BCUT2D eigenvalue weighted by Gasteiger charge is -2.05. The van der Waals surface area contributed by atoms with E-state index in [4.69, 9.17) is 29.4 Å². The quantitative estimate of drug-likeness (QED) is 0.0929. The average molecular weight is 519 g/mol. The second-order valence-electron chi connectivity index (χ2n) is 11.7. The van der Waals surface area contributed by atoms with Crippen molar-refractivity contribution >= 4 is 15.9 Å². The predicted molar refractivity (Wildman–Crippen MR) is 147 cm³/mol. The van der Waals surface area contributed by atoms with Crippen LogP contribution < -0.4 is 0 Å². The number of hydrogen-bond acceptors (Lipinski definition) is 6. The molecule has 8 heteroatoms. The molecule has 0 aromatic heterocycles. The van der Waals surface area contributed by atoms with Crippen LogP contribution in [0.4, 0.5) is 0 Å². The summed E-state index contributed by atoms with van der Waals surface area (Å²) >= 11 is 0. The fourth-order valence-corrected chi connectivity index (χ4v) is 4.11. The van der Waals surface area contributed by atoms with E-state index in [-0.39, 0.29) is 12.3 Å². The minimum Gasteiger partial charge on any atom is -0.193 e. The van der Waals surface area contributed by atoms with Crippen molar-refractivity contribution < 1.29 is 29.4 Å². The van der Waals surface area contributed by atoms with E-state index >= 15 is 0 Å². The van der Waals surface area contributed by atoms with Crippen molar-refractivity contribution in [1.29, 1.82) is 0 Å². The van der Waals surface area contributed by atoms with Crippen LogP contribution in [-0.4, -0.2) is 41.7 Å². The second kappa shape index (κ2) is 21.9. The van der Waals surface area contributed by atoms with Gasteiger partial charge in [0.15, 0.2) is 0 Å². The van der Waals surface area contributed by atoms with Crippen molar-refractivity contribution in [2.24, 2.45) is 17.3 Å². The molecule has 0 bridgehead atoms. The molecule has 0 aromatic carbocycles. The van der Waals surface area contributed by atoms with E-state index in [1.54, 1.807) is 0 Å². The van der Waals surface area contributed by atoms with Crippen molar-refractivity contribution in [3.05, 3.63) is 0 Å². The van der Waals surface area contributed by atoms with Gasteiger partial charge in [0.05, 0.1) is 0 Å². The van der Waals surface area contributed by atoms with Crippen LogP contribution in [0.2, 0.25) is 0 Å². The van der Waals surface area contributed by atoms with E-state index in [9.17, 15) is 0 Å². The first-order valence-electron chi connectivity index (χ1n) is 13.0. The average Bonchev–Trinajstić information content (AvgIpc) is 2.57. The third kappa shape index (κ3) is 59.8. The first kappa shape index (κ1) is 38.2. The lowest BCUT2D eigenvalue weighted by molar-refractivity contribution is 0.326. The molecule has 0 saturated carbocycles. The lowest BCUT2D eigenvalue weighted by atomic mass is 10.0. The lowest BCUT2D eigenvalue weighted by Crippen LogP contribution is -1.95. The molecule has 0 spiro atoms. The minimum absolute atomic E-state index is 0.164. The fraction of sp³-hybridized carbons (Fsp3) is 1.00. The number of rotatable bonds is 16. The highest BCUT2D eigenvalue weighted by molar-refractivity contribution is 7.58. The van der Waals surface area contributed by atoms with Gasteiger partial charge in [-0.25, -0.2) is 0 Å². The Balaban J connectivity index is -0.000000453. The number of hydrogen-bond donors (Lipinski definition) is 6. The summed E-state index contributed by atoms with van der Waals surface area (Å²) in [6.45, 7) is 17.6. The zero-order valence-electron chi connectivity index (χ0n) is 23.1. The van der Waals surface area contributed by atoms with E-state index < -0.39 is 15.9 Å². The Morgan fingerprint density at radius 2 is 0.667 bits per heavy atom. The molecule has 0 aliphatic carbocycles. The zero-order chi connectivity index (χ0) is 26.6. The van der Waals surface area contributed by atoms with Crippen molar-refractivity contribution in [3.8, 4) is 0 Å². The Labute approximate surface area is 207 Å². The molecule has 204 valence electrons. The molecule has 0 rings (SSSR count). The minimum atomic E-state index is -3.49. The molecule has 0 aliphatic heterocycles. The third-order valence-electron chi connectivity index (χ3n) is 4.48. The maximum atomic E-state index is 8.72. The van der Waals surface area contributed by atoms with Crippen molar-refractivity contribution in [2.45, 2.75) is 132 Å². The fourth-order valence-electron chi connectivity index (χ4n) is 2.81. The summed E-state index contributed by atoms with van der Waals surface area (Å²) < 4.78 is 0. The Bertz CT molecular complexity index is 361. The molecule has 0 aliphatic rings. The highest BCUT2D eigenvalue weighted by Gasteiger charge is 2.28. The van der Waals surface area contributed by atoms with Gasteiger partial charge in [-0.3, -0.25) is 0 Å². The van der Waals surface area contributed by atoms with Gasteiger partial charge in [-0.2, -0.15) is 29.4 Å². The van der Waals surface area contributed by atoms with E-state index in [1.165, 1.54) is 38.5 Å². The van der Waals surface area contributed by atoms with Crippen molar-refractivity contribution in [1.82, 2.24) is 0 Å². The first-order valence-corrected chi connectivity index (χ1v) is 16.6. The first-order chi connectivity index (χ1) is 14.8. The zero-order valence-corrected chi connectivity index (χ0v) is 24.9. The van der Waals surface area contributed by atoms with E-state index in [2.05, 4.69) is 55.4 Å². The van der Waals surface area contributed by atoms with Crippen molar-refractivity contribution in [2.75, 3.05) is 12.3 Å². The molecule has 6 N–H and O–H groups in total. The number of unbranched alkanes of at least 4 members (excludes halogenated alkanes) is 8. The molecule has 6 nitrogen and oxygen atoms in total. The molecule has 0 aromatic rings. The molecule has 0 fully saturated rings. The molecule has 0 unspecified atom stereocenters. The van der Waals surface area contributed by atoms with E-state index in [1.807, 2.05) is 0 Å². The standard InChI is InChI=1S/2C10H24O3P.C5H12/c2*1-10(2)8-6-4-3-5-7-9-14(11,12)13;1-5(2,3)4/h2*10-13H,3-9H2,1-2H3;1-4H3/q2*+1;. The topological polar surface area (TPSA) is 121 Å². The summed E-state index contributed by atoms with van der Waals surface area (Å²) in [5.74, 6) is 1.56. The molecule has 0 amide bonds. The molecule has 0 atom stereocenters. The Hall–Kier alpha value is 0.620. The summed E-state index contributed by atoms with van der Waals surface area (Å²) in [5.41, 5.74) is 0.500. The van der Waals surface area contributed by atoms with Gasteiger partial charge in [0.2, 0.25) is 0 Å². The van der Waals surface area contributed by atoms with E-state index in [0.717, 1.165) is 50.4 Å². The molecule has 0 radical (unpaired) electrons. The third-order valence-corrected chi connectivity index (χ3v) is 6.31. The maximum Gasteiger partial charge on any atom is 0.403 e. The van der Waals surface area contributed by atoms with Crippen LogP contribution in [0.5, 0.6) is 0 Å². The van der Waals surface area contributed by atoms with Crippen LogP contribution in [-0.2, 0) is 0 Å². The van der Waals surface area contributed by atoms with Gasteiger partial charge < -0.3 is 0 Å². The van der Waals surface area contributed by atoms with Crippen molar-refractivity contribution in [3.63, 3.8) is 0 Å². The van der Waals surface area contributed by atoms with Gasteiger partial charge in [0.1, 0.15) is 12.3 Å². The van der Waals surface area contributed by atoms with Crippen LogP contribution in [0.15, 0.2) is 0 Å². The summed E-state index contributed by atoms with van der Waals surface area (Å²) in [5, 5.41) is 0. The van der Waals surface area contributed by atoms with Gasteiger partial charge in [-0.1, -0.05) is 107 Å². The Morgan fingerprint density at radius 1 is 0.455 bits per heavy atom. The highest BCUT2D eigenvalue weighted by atomic mass is 31.2. The summed E-state index contributed by atoms with van der Waals surface area (Å²) in [6.07, 6.45) is 13.5. The summed E-state index contributed by atoms with van der Waals surface area (Å²) in [4.78, 5) is 52.3. The molecule has 33 heavy (non-hydrogen) atoms. The van der Waals surface area contributed by atoms with E-state index in [0.29, 0.717) is 5.41 Å². The molecule has 0 heterocycles. The maximum absolute atomic E-state index is 8.72. The van der Waals surface area contributed by atoms with Gasteiger partial charge in [0.25, 0.3) is 0 Å². The normalized spacial score (nSPS) is 12.4. The largest absolute Gasteiger partial charge is 0.403 e. The SMILES string of the molecule is CC(C)(C)C.CC(C)CCCCCCC[P+](O)(O)O.CC(C)CCCCCCC[P+](O)(O)O. The summed E-state index contributed by atoms with van der Waals surface area (Å²) in [7, 11) is -6.97. The van der Waals surface area contributed by atoms with Gasteiger partial charge >= 0.3 is 15.9 Å².